The Bertz CT molecular complexity index is 541. The van der Waals surface area contributed by atoms with Crippen LogP contribution in [0.5, 0.6) is 0 Å². The maximum atomic E-state index is 11.8. The van der Waals surface area contributed by atoms with Gasteiger partial charge < -0.3 is 5.32 Å². The lowest BCUT2D eigenvalue weighted by atomic mass is 10.2. The molecule has 1 heterocycles. The third-order valence-electron chi connectivity index (χ3n) is 2.19. The lowest BCUT2D eigenvalue weighted by molar-refractivity contribution is 0.0951. The highest BCUT2D eigenvalue weighted by molar-refractivity contribution is 9.11. The average Bonchev–Trinajstić information content (AvgIpc) is 2.73. The van der Waals surface area contributed by atoms with Gasteiger partial charge in [0.15, 0.2) is 0 Å². The molecule has 0 aliphatic rings. The van der Waals surface area contributed by atoms with Gasteiger partial charge in [0.2, 0.25) is 0 Å². The Labute approximate surface area is 117 Å². The standard InChI is InChI=1S/C12H9BrClNOS/c13-11-5-8(7-17-11)6-15-12(16)9-3-1-2-4-10(9)14/h1-5,7H,6H2,(H,15,16). The maximum Gasteiger partial charge on any atom is 0.253 e. The molecule has 0 aliphatic carbocycles. The number of carbonyl (C=O) groups is 1. The molecule has 0 aliphatic heterocycles. The normalized spacial score (nSPS) is 10.2. The molecule has 2 rings (SSSR count). The molecule has 0 saturated carbocycles. The number of amides is 1. The minimum atomic E-state index is -0.155. The summed E-state index contributed by atoms with van der Waals surface area (Å²) in [5.74, 6) is -0.155. The van der Waals surface area contributed by atoms with Crippen LogP contribution in [0.25, 0.3) is 0 Å². The molecular weight excluding hydrogens is 322 g/mol. The fraction of sp³-hybridized carbons (Fsp3) is 0.0833. The minimum absolute atomic E-state index is 0.155. The predicted octanol–water partition coefficient (Wildman–Crippen LogP) is 4.09. The minimum Gasteiger partial charge on any atom is -0.348 e. The maximum absolute atomic E-state index is 11.8. The van der Waals surface area contributed by atoms with E-state index >= 15 is 0 Å². The summed E-state index contributed by atoms with van der Waals surface area (Å²) in [6, 6.07) is 8.99. The number of carbonyl (C=O) groups excluding carboxylic acids is 1. The molecule has 2 aromatic rings. The number of rotatable bonds is 3. The van der Waals surface area contributed by atoms with Crippen molar-refractivity contribution in [1.29, 1.82) is 0 Å². The summed E-state index contributed by atoms with van der Waals surface area (Å²) in [5, 5.41) is 5.30. The number of hydrogen-bond donors (Lipinski definition) is 1. The summed E-state index contributed by atoms with van der Waals surface area (Å²) >= 11 is 10.9. The highest BCUT2D eigenvalue weighted by Crippen LogP contribution is 2.20. The Balaban J connectivity index is 2.01. The van der Waals surface area contributed by atoms with Crippen LogP contribution in [0.4, 0.5) is 0 Å². The average molecular weight is 331 g/mol. The van der Waals surface area contributed by atoms with Crippen molar-refractivity contribution in [3.63, 3.8) is 0 Å². The first-order valence-electron chi connectivity index (χ1n) is 4.92. The monoisotopic (exact) mass is 329 g/mol. The second-order valence-corrected chi connectivity index (χ2v) is 6.12. The molecule has 17 heavy (non-hydrogen) atoms. The molecule has 2 nitrogen and oxygen atoms in total. The van der Waals surface area contributed by atoms with E-state index in [1.807, 2.05) is 11.4 Å². The summed E-state index contributed by atoms with van der Waals surface area (Å²) < 4.78 is 1.06. The molecule has 0 radical (unpaired) electrons. The zero-order valence-corrected chi connectivity index (χ0v) is 11.9. The summed E-state index contributed by atoms with van der Waals surface area (Å²) in [7, 11) is 0. The van der Waals surface area contributed by atoms with Crippen molar-refractivity contribution in [3.05, 3.63) is 55.6 Å². The summed E-state index contributed by atoms with van der Waals surface area (Å²) in [4.78, 5) is 11.8. The van der Waals surface area contributed by atoms with Crippen LogP contribution in [-0.2, 0) is 6.54 Å². The molecule has 1 amide bonds. The van der Waals surface area contributed by atoms with E-state index in [-0.39, 0.29) is 5.91 Å². The van der Waals surface area contributed by atoms with Gasteiger partial charge in [-0.05, 0) is 45.1 Å². The molecule has 0 unspecified atom stereocenters. The van der Waals surface area contributed by atoms with Crippen molar-refractivity contribution in [2.24, 2.45) is 0 Å². The quantitative estimate of drug-likeness (QED) is 0.902. The molecule has 0 bridgehead atoms. The van der Waals surface area contributed by atoms with Crippen LogP contribution in [0.3, 0.4) is 0 Å². The van der Waals surface area contributed by atoms with Crippen LogP contribution in [0, 0.1) is 0 Å². The lowest BCUT2D eigenvalue weighted by Crippen LogP contribution is -2.22. The Morgan fingerprint density at radius 2 is 2.18 bits per heavy atom. The largest absolute Gasteiger partial charge is 0.348 e. The molecule has 5 heteroatoms. The summed E-state index contributed by atoms with van der Waals surface area (Å²) in [6.45, 7) is 0.506. The third-order valence-corrected chi connectivity index (χ3v) is 4.08. The molecule has 0 saturated heterocycles. The van der Waals surface area contributed by atoms with Gasteiger partial charge in [0, 0.05) is 6.54 Å². The second kappa shape index (κ2) is 5.67. The van der Waals surface area contributed by atoms with E-state index in [4.69, 9.17) is 11.6 Å². The van der Waals surface area contributed by atoms with Crippen molar-refractivity contribution >= 4 is 44.8 Å². The highest BCUT2D eigenvalue weighted by Gasteiger charge is 2.09. The first-order valence-corrected chi connectivity index (χ1v) is 6.97. The number of nitrogens with one attached hydrogen (secondary N) is 1. The molecule has 1 N–H and O–H groups in total. The predicted molar refractivity (Wildman–Crippen MR) is 74.6 cm³/mol. The molecule has 0 atom stereocenters. The highest BCUT2D eigenvalue weighted by atomic mass is 79.9. The summed E-state index contributed by atoms with van der Waals surface area (Å²) in [5.41, 5.74) is 1.57. The second-order valence-electron chi connectivity index (χ2n) is 3.42. The fourth-order valence-corrected chi connectivity index (χ4v) is 2.79. The van der Waals surface area contributed by atoms with Crippen LogP contribution < -0.4 is 5.32 Å². The first kappa shape index (κ1) is 12.6. The summed E-state index contributed by atoms with van der Waals surface area (Å²) in [6.07, 6.45) is 0. The van der Waals surface area contributed by atoms with Crippen molar-refractivity contribution in [2.75, 3.05) is 0 Å². The van der Waals surface area contributed by atoms with Crippen LogP contribution in [0.1, 0.15) is 15.9 Å². The fourth-order valence-electron chi connectivity index (χ4n) is 1.36. The van der Waals surface area contributed by atoms with E-state index in [1.165, 1.54) is 0 Å². The lowest BCUT2D eigenvalue weighted by Gasteiger charge is -2.05. The van der Waals surface area contributed by atoms with E-state index in [2.05, 4.69) is 21.2 Å². The third kappa shape index (κ3) is 3.31. The van der Waals surface area contributed by atoms with Gasteiger partial charge in [-0.15, -0.1) is 11.3 Å². The Hall–Kier alpha value is -0.840. The first-order chi connectivity index (χ1) is 8.16. The number of benzene rings is 1. The molecule has 1 aromatic heterocycles. The molecular formula is C12H9BrClNOS. The molecule has 88 valence electrons. The van der Waals surface area contributed by atoms with Crippen LogP contribution in [-0.4, -0.2) is 5.91 Å². The van der Waals surface area contributed by atoms with Gasteiger partial charge in [0.05, 0.1) is 14.4 Å². The SMILES string of the molecule is O=C(NCc1csc(Br)c1)c1ccccc1Cl. The van der Waals surface area contributed by atoms with E-state index < -0.39 is 0 Å². The van der Waals surface area contributed by atoms with Gasteiger partial charge in [0.1, 0.15) is 0 Å². The van der Waals surface area contributed by atoms with Crippen molar-refractivity contribution < 1.29 is 4.79 Å². The smallest absolute Gasteiger partial charge is 0.253 e. The van der Waals surface area contributed by atoms with Gasteiger partial charge >= 0.3 is 0 Å². The van der Waals surface area contributed by atoms with Crippen LogP contribution in [0.15, 0.2) is 39.5 Å². The zero-order valence-electron chi connectivity index (χ0n) is 8.74. The van der Waals surface area contributed by atoms with Crippen molar-refractivity contribution in [3.8, 4) is 0 Å². The number of halogens is 2. The molecule has 0 spiro atoms. The van der Waals surface area contributed by atoms with Gasteiger partial charge in [-0.3, -0.25) is 4.79 Å². The van der Waals surface area contributed by atoms with E-state index in [0.717, 1.165) is 9.35 Å². The molecule has 0 fully saturated rings. The van der Waals surface area contributed by atoms with Gasteiger partial charge in [-0.2, -0.15) is 0 Å². The Kier molecular flexibility index (Phi) is 4.20. The van der Waals surface area contributed by atoms with Crippen LogP contribution in [0.2, 0.25) is 5.02 Å². The van der Waals surface area contributed by atoms with E-state index in [1.54, 1.807) is 35.6 Å². The number of thiophene rings is 1. The van der Waals surface area contributed by atoms with Crippen molar-refractivity contribution in [1.82, 2.24) is 5.32 Å². The molecule has 1 aromatic carbocycles. The zero-order chi connectivity index (χ0) is 12.3. The number of hydrogen-bond acceptors (Lipinski definition) is 2. The van der Waals surface area contributed by atoms with Gasteiger partial charge in [0.25, 0.3) is 5.91 Å². The van der Waals surface area contributed by atoms with Crippen LogP contribution >= 0.6 is 38.9 Å². The Morgan fingerprint density at radius 3 is 2.82 bits per heavy atom. The van der Waals surface area contributed by atoms with Gasteiger partial charge in [-0.25, -0.2) is 0 Å². The van der Waals surface area contributed by atoms with Gasteiger partial charge in [-0.1, -0.05) is 23.7 Å². The van der Waals surface area contributed by atoms with E-state index in [9.17, 15) is 4.79 Å². The van der Waals surface area contributed by atoms with Crippen molar-refractivity contribution in [2.45, 2.75) is 6.54 Å². The topological polar surface area (TPSA) is 29.1 Å². The van der Waals surface area contributed by atoms with E-state index in [0.29, 0.717) is 17.1 Å². The Morgan fingerprint density at radius 1 is 1.41 bits per heavy atom.